The summed E-state index contributed by atoms with van der Waals surface area (Å²) in [7, 11) is 1.62. The highest BCUT2D eigenvalue weighted by Gasteiger charge is 2.35. The molecule has 1 atom stereocenters. The van der Waals surface area contributed by atoms with Gasteiger partial charge in [0.2, 0.25) is 11.8 Å². The number of benzene rings is 1. The summed E-state index contributed by atoms with van der Waals surface area (Å²) in [5.74, 6) is 0.371. The maximum Gasteiger partial charge on any atom is 0.331 e. The van der Waals surface area contributed by atoms with Crippen molar-refractivity contribution in [2.24, 2.45) is 5.73 Å². The number of aryl methyl sites for hydroxylation is 1. The normalized spacial score (nSPS) is 15.5. The molecule has 1 aliphatic rings. The zero-order chi connectivity index (χ0) is 29.0. The monoisotopic (exact) mass is 539 g/mol. The molecule has 39 heavy (non-hydrogen) atoms. The van der Waals surface area contributed by atoms with Gasteiger partial charge in [-0.05, 0) is 70.4 Å². The van der Waals surface area contributed by atoms with Crippen LogP contribution in [0.5, 0.6) is 5.75 Å². The van der Waals surface area contributed by atoms with Crippen LogP contribution in [0.15, 0.2) is 53.0 Å². The van der Waals surface area contributed by atoms with Crippen LogP contribution < -0.4 is 10.5 Å². The van der Waals surface area contributed by atoms with E-state index in [9.17, 15) is 14.7 Å². The van der Waals surface area contributed by atoms with Gasteiger partial charge in [0.25, 0.3) is 0 Å². The van der Waals surface area contributed by atoms with Crippen molar-refractivity contribution in [1.82, 2.24) is 9.88 Å². The van der Waals surface area contributed by atoms with Gasteiger partial charge in [0.05, 0.1) is 18.9 Å². The van der Waals surface area contributed by atoms with E-state index in [0.29, 0.717) is 49.8 Å². The predicted octanol–water partition coefficient (Wildman–Crippen LogP) is 4.65. The van der Waals surface area contributed by atoms with Crippen molar-refractivity contribution >= 4 is 18.0 Å². The lowest BCUT2D eigenvalue weighted by molar-refractivity contribution is -0.149. The molecule has 212 valence electrons. The summed E-state index contributed by atoms with van der Waals surface area (Å²) in [6, 6.07) is 4.36. The standard InChI is InChI=1S/C26H30N2O6.C4H11N/c1-4-5-6-9-24(29)28-14-12-19-10-11-20(17-21(19)25(28)26(30)31)33-16-13-22-18(2)34-23(27-22)8-7-15-32-3;1-4(2,3)5/h4-11,17,25H,12-16H2,1-3H3,(H,30,31);5H2,1-3H3/b5-4?,8-7+,9-6?;. The van der Waals surface area contributed by atoms with Crippen molar-refractivity contribution < 1.29 is 28.6 Å². The van der Waals surface area contributed by atoms with E-state index in [2.05, 4.69) is 4.98 Å². The van der Waals surface area contributed by atoms with Crippen LogP contribution in [0.3, 0.4) is 0 Å². The minimum atomic E-state index is -1.07. The molecule has 1 aliphatic heterocycles. The molecule has 1 unspecified atom stereocenters. The van der Waals surface area contributed by atoms with Crippen molar-refractivity contribution in [3.8, 4) is 5.75 Å². The molecule has 0 aliphatic carbocycles. The topological polar surface area (TPSA) is 128 Å². The zero-order valence-corrected chi connectivity index (χ0v) is 23.8. The van der Waals surface area contributed by atoms with E-state index in [1.165, 1.54) is 11.0 Å². The fraction of sp³-hybridized carbons (Fsp3) is 0.433. The average molecular weight is 540 g/mol. The van der Waals surface area contributed by atoms with Crippen LogP contribution in [0.25, 0.3) is 6.08 Å². The van der Waals surface area contributed by atoms with E-state index in [4.69, 9.17) is 19.6 Å². The predicted molar refractivity (Wildman–Crippen MR) is 151 cm³/mol. The van der Waals surface area contributed by atoms with Crippen LogP contribution in [-0.2, 0) is 27.2 Å². The van der Waals surface area contributed by atoms with Gasteiger partial charge in [0.15, 0.2) is 6.04 Å². The van der Waals surface area contributed by atoms with E-state index < -0.39 is 12.0 Å². The highest BCUT2D eigenvalue weighted by Crippen LogP contribution is 2.33. The lowest BCUT2D eigenvalue weighted by atomic mass is 9.92. The Hall–Kier alpha value is -3.69. The van der Waals surface area contributed by atoms with Gasteiger partial charge in [-0.25, -0.2) is 9.78 Å². The Balaban J connectivity index is 0.000000976. The van der Waals surface area contributed by atoms with Crippen LogP contribution in [0.4, 0.5) is 0 Å². The van der Waals surface area contributed by atoms with Gasteiger partial charge < -0.3 is 29.6 Å². The number of carboxylic acids is 1. The second-order valence-electron chi connectivity index (χ2n) is 10.1. The van der Waals surface area contributed by atoms with Gasteiger partial charge in [0.1, 0.15) is 11.5 Å². The van der Waals surface area contributed by atoms with E-state index in [1.54, 1.807) is 37.5 Å². The van der Waals surface area contributed by atoms with Gasteiger partial charge in [-0.2, -0.15) is 0 Å². The molecule has 1 aromatic carbocycles. The molecule has 0 bridgehead atoms. The maximum atomic E-state index is 12.6. The quantitative estimate of drug-likeness (QED) is 0.330. The molecular formula is C30H41N3O6. The Labute approximate surface area is 231 Å². The number of nitrogens with zero attached hydrogens (tertiary/aromatic N) is 2. The number of hydrogen-bond acceptors (Lipinski definition) is 7. The zero-order valence-electron chi connectivity index (χ0n) is 23.8. The van der Waals surface area contributed by atoms with Crippen molar-refractivity contribution in [2.45, 2.75) is 59.0 Å². The molecule has 9 heteroatoms. The van der Waals surface area contributed by atoms with Gasteiger partial charge in [-0.1, -0.05) is 30.4 Å². The molecule has 1 amide bonds. The first-order valence-electron chi connectivity index (χ1n) is 12.9. The number of hydrogen-bond donors (Lipinski definition) is 2. The number of carboxylic acid groups (broad SMARTS) is 1. The van der Waals surface area contributed by atoms with Crippen LogP contribution in [0.1, 0.15) is 62.2 Å². The largest absolute Gasteiger partial charge is 0.493 e. The van der Waals surface area contributed by atoms with Crippen molar-refractivity contribution in [2.75, 3.05) is 26.9 Å². The Morgan fingerprint density at radius 1 is 1.28 bits per heavy atom. The number of carbonyl (C=O) groups is 2. The Kier molecular flexibility index (Phi) is 12.2. The summed E-state index contributed by atoms with van der Waals surface area (Å²) in [6.45, 7) is 10.8. The van der Waals surface area contributed by atoms with Gasteiger partial charge in [-0.15, -0.1) is 0 Å². The molecule has 0 radical (unpaired) electrons. The van der Waals surface area contributed by atoms with E-state index >= 15 is 0 Å². The number of amides is 1. The SMILES string of the molecule is CC(C)(C)N.CC=CC=CC(=O)N1CCc2ccc(OCCc3nc(/C=C/COC)oc3C)cc2C1C(=O)O. The third kappa shape index (κ3) is 10.5. The van der Waals surface area contributed by atoms with E-state index in [-0.39, 0.29) is 11.4 Å². The number of oxazole rings is 1. The fourth-order valence-electron chi connectivity index (χ4n) is 3.80. The summed E-state index contributed by atoms with van der Waals surface area (Å²) in [5, 5.41) is 9.90. The first kappa shape index (κ1) is 31.5. The number of allylic oxidation sites excluding steroid dienone is 3. The number of nitrogens with two attached hydrogens (primary N) is 1. The molecule has 2 heterocycles. The van der Waals surface area contributed by atoms with Crippen molar-refractivity contribution in [1.29, 1.82) is 0 Å². The molecule has 0 spiro atoms. The molecule has 1 aromatic heterocycles. The van der Waals surface area contributed by atoms with Crippen LogP contribution in [0, 0.1) is 6.92 Å². The third-order valence-electron chi connectivity index (χ3n) is 5.45. The fourth-order valence-corrected chi connectivity index (χ4v) is 3.80. The molecule has 9 nitrogen and oxygen atoms in total. The molecule has 0 saturated heterocycles. The van der Waals surface area contributed by atoms with Crippen LogP contribution >= 0.6 is 0 Å². The summed E-state index contributed by atoms with van der Waals surface area (Å²) in [4.78, 5) is 30.5. The number of aliphatic carboxylic acids is 1. The number of carbonyl (C=O) groups excluding carboxylic acids is 1. The van der Waals surface area contributed by atoms with E-state index in [1.807, 2.05) is 52.8 Å². The third-order valence-corrected chi connectivity index (χ3v) is 5.45. The van der Waals surface area contributed by atoms with Crippen molar-refractivity contribution in [3.63, 3.8) is 0 Å². The molecule has 2 aromatic rings. The highest BCUT2D eigenvalue weighted by atomic mass is 16.5. The van der Waals surface area contributed by atoms with Crippen molar-refractivity contribution in [3.05, 3.63) is 77.1 Å². The summed E-state index contributed by atoms with van der Waals surface area (Å²) in [5.41, 5.74) is 7.63. The first-order valence-corrected chi connectivity index (χ1v) is 12.9. The molecule has 3 rings (SSSR count). The van der Waals surface area contributed by atoms with Gasteiger partial charge in [0, 0.05) is 31.7 Å². The Morgan fingerprint density at radius 3 is 2.64 bits per heavy atom. The van der Waals surface area contributed by atoms with E-state index in [0.717, 1.165) is 17.0 Å². The number of methoxy groups -OCH3 is 1. The number of ether oxygens (including phenoxy) is 2. The van der Waals surface area contributed by atoms with Crippen LogP contribution in [-0.4, -0.2) is 59.3 Å². The maximum absolute atomic E-state index is 12.6. The summed E-state index contributed by atoms with van der Waals surface area (Å²) < 4.78 is 16.5. The highest BCUT2D eigenvalue weighted by molar-refractivity contribution is 5.92. The lowest BCUT2D eigenvalue weighted by Crippen LogP contribution is -2.42. The number of aromatic nitrogens is 1. The number of rotatable bonds is 10. The Bertz CT molecular complexity index is 1180. The minimum Gasteiger partial charge on any atom is -0.493 e. The lowest BCUT2D eigenvalue weighted by Gasteiger charge is -2.34. The van der Waals surface area contributed by atoms with Gasteiger partial charge in [-0.3, -0.25) is 4.79 Å². The van der Waals surface area contributed by atoms with Gasteiger partial charge >= 0.3 is 5.97 Å². The summed E-state index contributed by atoms with van der Waals surface area (Å²) in [6.07, 6.45) is 11.2. The first-order chi connectivity index (χ1) is 18.4. The average Bonchev–Trinajstić information content (AvgIpc) is 3.21. The molecular weight excluding hydrogens is 498 g/mol. The molecule has 3 N–H and O–H groups in total. The Morgan fingerprint density at radius 2 is 2.00 bits per heavy atom. The molecule has 0 fully saturated rings. The second kappa shape index (κ2) is 15.0. The number of fused-ring (bicyclic) bond motifs is 1. The molecule has 0 saturated carbocycles. The van der Waals surface area contributed by atoms with Crippen LogP contribution in [0.2, 0.25) is 0 Å². The smallest absolute Gasteiger partial charge is 0.331 e. The summed E-state index contributed by atoms with van der Waals surface area (Å²) >= 11 is 0. The second-order valence-corrected chi connectivity index (χ2v) is 10.1. The minimum absolute atomic E-state index is 0.